The van der Waals surface area contributed by atoms with Crippen LogP contribution in [-0.4, -0.2) is 35.5 Å². The van der Waals surface area contributed by atoms with E-state index in [4.69, 9.17) is 4.74 Å². The molecule has 1 fully saturated rings. The molecule has 4 heteroatoms. The van der Waals surface area contributed by atoms with Gasteiger partial charge in [-0.25, -0.2) is 0 Å². The minimum absolute atomic E-state index is 0.607. The van der Waals surface area contributed by atoms with E-state index in [0.29, 0.717) is 32.6 Å². The Balaban J connectivity index is 1.59. The molecule has 0 bridgehead atoms. The second-order valence-electron chi connectivity index (χ2n) is 5.88. The van der Waals surface area contributed by atoms with Gasteiger partial charge >= 0.3 is 0 Å². The summed E-state index contributed by atoms with van der Waals surface area (Å²) >= 11 is 0. The molecule has 0 spiro atoms. The van der Waals surface area contributed by atoms with E-state index in [1.165, 1.54) is 16.7 Å². The Morgan fingerprint density at radius 1 is 1.09 bits per heavy atom. The zero-order valence-corrected chi connectivity index (χ0v) is 12.7. The molecule has 1 aliphatic rings. The standard InChI is InChI=1S/C18H22N2O2/c21-18(6-10-22-11-7-18)14-20-13-15-2-1-3-17(12-15)16-4-8-19-9-5-16/h1-5,8-9,12,20-21H,6-7,10-11,13-14H2. The third-order valence-electron chi connectivity index (χ3n) is 4.15. The van der Waals surface area contributed by atoms with Crippen LogP contribution >= 0.6 is 0 Å². The van der Waals surface area contributed by atoms with Gasteiger partial charge in [0.15, 0.2) is 0 Å². The van der Waals surface area contributed by atoms with Gasteiger partial charge in [-0.2, -0.15) is 0 Å². The van der Waals surface area contributed by atoms with Crippen LogP contribution in [-0.2, 0) is 11.3 Å². The van der Waals surface area contributed by atoms with Gasteiger partial charge in [-0.15, -0.1) is 0 Å². The van der Waals surface area contributed by atoms with Crippen LogP contribution in [0, 0.1) is 0 Å². The summed E-state index contributed by atoms with van der Waals surface area (Å²) < 4.78 is 5.30. The number of benzene rings is 1. The van der Waals surface area contributed by atoms with Crippen LogP contribution in [0.4, 0.5) is 0 Å². The van der Waals surface area contributed by atoms with Gasteiger partial charge in [0.05, 0.1) is 5.60 Å². The number of hydrogen-bond acceptors (Lipinski definition) is 4. The summed E-state index contributed by atoms with van der Waals surface area (Å²) in [5.41, 5.74) is 2.94. The molecule has 2 heterocycles. The van der Waals surface area contributed by atoms with Crippen LogP contribution in [0.3, 0.4) is 0 Å². The Morgan fingerprint density at radius 2 is 1.86 bits per heavy atom. The molecule has 0 atom stereocenters. The molecule has 116 valence electrons. The van der Waals surface area contributed by atoms with Crippen molar-refractivity contribution in [2.75, 3.05) is 19.8 Å². The van der Waals surface area contributed by atoms with Crippen molar-refractivity contribution in [1.29, 1.82) is 0 Å². The normalized spacial score (nSPS) is 17.3. The molecule has 1 aromatic carbocycles. The molecule has 0 saturated carbocycles. The highest BCUT2D eigenvalue weighted by atomic mass is 16.5. The highest BCUT2D eigenvalue weighted by Crippen LogP contribution is 2.21. The summed E-state index contributed by atoms with van der Waals surface area (Å²) in [6.07, 6.45) is 5.02. The van der Waals surface area contributed by atoms with Crippen LogP contribution < -0.4 is 5.32 Å². The van der Waals surface area contributed by atoms with Crippen molar-refractivity contribution in [3.05, 3.63) is 54.4 Å². The van der Waals surface area contributed by atoms with E-state index in [-0.39, 0.29) is 0 Å². The fourth-order valence-electron chi connectivity index (χ4n) is 2.77. The van der Waals surface area contributed by atoms with Gasteiger partial charge in [0.25, 0.3) is 0 Å². The fraction of sp³-hybridized carbons (Fsp3) is 0.389. The predicted octanol–water partition coefficient (Wildman–Crippen LogP) is 2.38. The number of nitrogens with zero attached hydrogens (tertiary/aromatic N) is 1. The summed E-state index contributed by atoms with van der Waals surface area (Å²) in [6, 6.07) is 12.5. The summed E-state index contributed by atoms with van der Waals surface area (Å²) in [5, 5.41) is 13.8. The maximum atomic E-state index is 10.4. The van der Waals surface area contributed by atoms with E-state index in [0.717, 1.165) is 6.54 Å². The maximum absolute atomic E-state index is 10.4. The fourth-order valence-corrected chi connectivity index (χ4v) is 2.77. The van der Waals surface area contributed by atoms with E-state index in [9.17, 15) is 5.11 Å². The lowest BCUT2D eigenvalue weighted by atomic mass is 9.94. The van der Waals surface area contributed by atoms with Gasteiger partial charge in [0, 0.05) is 51.5 Å². The first-order valence-corrected chi connectivity index (χ1v) is 7.75. The molecule has 3 rings (SSSR count). The number of ether oxygens (including phenoxy) is 1. The minimum atomic E-state index is -0.624. The monoisotopic (exact) mass is 298 g/mol. The largest absolute Gasteiger partial charge is 0.388 e. The number of pyridine rings is 1. The topological polar surface area (TPSA) is 54.4 Å². The summed E-state index contributed by atoms with van der Waals surface area (Å²) in [5.74, 6) is 0. The van der Waals surface area contributed by atoms with E-state index >= 15 is 0 Å². The molecule has 1 aliphatic heterocycles. The molecule has 0 radical (unpaired) electrons. The molecular weight excluding hydrogens is 276 g/mol. The van der Waals surface area contributed by atoms with Crippen LogP contribution in [0.25, 0.3) is 11.1 Å². The van der Waals surface area contributed by atoms with E-state index in [2.05, 4.69) is 34.6 Å². The van der Waals surface area contributed by atoms with Crippen LogP contribution in [0.2, 0.25) is 0 Å². The highest BCUT2D eigenvalue weighted by molar-refractivity contribution is 5.63. The quantitative estimate of drug-likeness (QED) is 0.890. The van der Waals surface area contributed by atoms with Crippen molar-refractivity contribution in [3.8, 4) is 11.1 Å². The van der Waals surface area contributed by atoms with E-state index in [1.807, 2.05) is 12.1 Å². The lowest BCUT2D eigenvalue weighted by Crippen LogP contribution is -2.44. The van der Waals surface area contributed by atoms with Gasteiger partial charge in [0.1, 0.15) is 0 Å². The Morgan fingerprint density at radius 3 is 2.64 bits per heavy atom. The Labute approximate surface area is 131 Å². The van der Waals surface area contributed by atoms with Gasteiger partial charge in [-0.3, -0.25) is 4.98 Å². The molecule has 4 nitrogen and oxygen atoms in total. The van der Waals surface area contributed by atoms with Crippen molar-refractivity contribution in [1.82, 2.24) is 10.3 Å². The summed E-state index contributed by atoms with van der Waals surface area (Å²) in [6.45, 7) is 2.66. The lowest BCUT2D eigenvalue weighted by molar-refractivity contribution is -0.0617. The second-order valence-corrected chi connectivity index (χ2v) is 5.88. The van der Waals surface area contributed by atoms with Crippen molar-refractivity contribution in [2.24, 2.45) is 0 Å². The second kappa shape index (κ2) is 7.01. The summed E-state index contributed by atoms with van der Waals surface area (Å²) in [7, 11) is 0. The van der Waals surface area contributed by atoms with Crippen LogP contribution in [0.1, 0.15) is 18.4 Å². The number of aromatic nitrogens is 1. The third-order valence-corrected chi connectivity index (χ3v) is 4.15. The molecule has 1 aromatic heterocycles. The first-order chi connectivity index (χ1) is 10.8. The first-order valence-electron chi connectivity index (χ1n) is 7.75. The van der Waals surface area contributed by atoms with Crippen molar-refractivity contribution < 1.29 is 9.84 Å². The third kappa shape index (κ3) is 3.91. The molecule has 2 aromatic rings. The molecule has 2 N–H and O–H groups in total. The number of nitrogens with one attached hydrogen (secondary N) is 1. The van der Waals surface area contributed by atoms with Crippen molar-refractivity contribution >= 4 is 0 Å². The number of hydrogen-bond donors (Lipinski definition) is 2. The van der Waals surface area contributed by atoms with Gasteiger partial charge in [-0.05, 0) is 34.9 Å². The van der Waals surface area contributed by atoms with E-state index in [1.54, 1.807) is 12.4 Å². The number of rotatable bonds is 5. The first kappa shape index (κ1) is 15.2. The smallest absolute Gasteiger partial charge is 0.0815 e. The Hall–Kier alpha value is -1.75. The maximum Gasteiger partial charge on any atom is 0.0815 e. The highest BCUT2D eigenvalue weighted by Gasteiger charge is 2.28. The zero-order valence-electron chi connectivity index (χ0n) is 12.7. The zero-order chi connectivity index (χ0) is 15.3. The predicted molar refractivity (Wildman–Crippen MR) is 86.4 cm³/mol. The van der Waals surface area contributed by atoms with Crippen LogP contribution in [0.5, 0.6) is 0 Å². The molecule has 0 aliphatic carbocycles. The van der Waals surface area contributed by atoms with Gasteiger partial charge < -0.3 is 15.2 Å². The molecule has 0 amide bonds. The average molecular weight is 298 g/mol. The minimum Gasteiger partial charge on any atom is -0.388 e. The van der Waals surface area contributed by atoms with Crippen LogP contribution in [0.15, 0.2) is 48.8 Å². The molecular formula is C18H22N2O2. The Bertz CT molecular complexity index is 595. The van der Waals surface area contributed by atoms with E-state index < -0.39 is 5.60 Å². The SMILES string of the molecule is OC1(CNCc2cccc(-c3ccncc3)c2)CCOCC1. The number of aliphatic hydroxyl groups is 1. The Kier molecular flexibility index (Phi) is 4.83. The average Bonchev–Trinajstić information content (AvgIpc) is 2.56. The van der Waals surface area contributed by atoms with Gasteiger partial charge in [-0.1, -0.05) is 18.2 Å². The molecule has 22 heavy (non-hydrogen) atoms. The molecule has 0 unspecified atom stereocenters. The van der Waals surface area contributed by atoms with Gasteiger partial charge in [0.2, 0.25) is 0 Å². The van der Waals surface area contributed by atoms with Crippen molar-refractivity contribution in [3.63, 3.8) is 0 Å². The molecule has 1 saturated heterocycles. The summed E-state index contributed by atoms with van der Waals surface area (Å²) in [4.78, 5) is 4.05. The lowest BCUT2D eigenvalue weighted by Gasteiger charge is -2.32. The van der Waals surface area contributed by atoms with Crippen molar-refractivity contribution in [2.45, 2.75) is 25.0 Å².